The molecule has 0 aliphatic carbocycles. The van der Waals surface area contributed by atoms with Crippen molar-refractivity contribution in [1.82, 2.24) is 5.32 Å². The Morgan fingerprint density at radius 3 is 2.69 bits per heavy atom. The van der Waals surface area contributed by atoms with Crippen LogP contribution in [-0.2, 0) is 4.79 Å². The van der Waals surface area contributed by atoms with Crippen molar-refractivity contribution in [2.75, 3.05) is 6.61 Å². The van der Waals surface area contributed by atoms with E-state index in [-0.39, 0.29) is 5.91 Å². The smallest absolute Gasteiger partial charge is 0.264 e. The number of rotatable bonds is 6. The van der Waals surface area contributed by atoms with Gasteiger partial charge in [0.2, 0.25) is 0 Å². The molecule has 1 aliphatic rings. The second-order valence-electron chi connectivity index (χ2n) is 5.70. The summed E-state index contributed by atoms with van der Waals surface area (Å²) in [4.78, 5) is 17.2. The lowest BCUT2D eigenvalue weighted by atomic mass is 10.2. The van der Waals surface area contributed by atoms with Crippen molar-refractivity contribution in [1.29, 1.82) is 0 Å². The third-order valence-electron chi connectivity index (χ3n) is 3.67. The van der Waals surface area contributed by atoms with Gasteiger partial charge in [-0.15, -0.1) is 0 Å². The average Bonchev–Trinajstić information content (AvgIpc) is 2.98. The van der Waals surface area contributed by atoms with E-state index in [1.165, 1.54) is 11.8 Å². The number of unbranched alkanes of at least 4 members (excludes halogenated alkanes) is 1. The maximum absolute atomic E-state index is 12.2. The number of nitrogens with one attached hydrogen (secondary N) is 1. The number of benzene rings is 2. The van der Waals surface area contributed by atoms with E-state index in [9.17, 15) is 4.79 Å². The quantitative estimate of drug-likeness (QED) is 0.533. The van der Waals surface area contributed by atoms with Crippen LogP contribution in [0.2, 0.25) is 5.02 Å². The molecule has 26 heavy (non-hydrogen) atoms. The molecule has 1 amide bonds. The summed E-state index contributed by atoms with van der Waals surface area (Å²) in [7, 11) is 0. The van der Waals surface area contributed by atoms with Crippen molar-refractivity contribution < 1.29 is 9.53 Å². The van der Waals surface area contributed by atoms with Gasteiger partial charge in [-0.1, -0.05) is 49.2 Å². The van der Waals surface area contributed by atoms with Gasteiger partial charge in [0.1, 0.15) is 5.75 Å². The first-order valence-electron chi connectivity index (χ1n) is 8.42. The maximum atomic E-state index is 12.2. The molecule has 4 nitrogen and oxygen atoms in total. The Hall–Kier alpha value is -2.24. The molecule has 1 aliphatic heterocycles. The molecule has 0 saturated carbocycles. The van der Waals surface area contributed by atoms with Gasteiger partial charge in [0.25, 0.3) is 5.91 Å². The van der Waals surface area contributed by atoms with Gasteiger partial charge in [0.05, 0.1) is 22.2 Å². The monoisotopic (exact) mass is 386 g/mol. The van der Waals surface area contributed by atoms with Crippen LogP contribution < -0.4 is 10.1 Å². The Morgan fingerprint density at radius 2 is 1.96 bits per heavy atom. The van der Waals surface area contributed by atoms with Gasteiger partial charge >= 0.3 is 0 Å². The maximum Gasteiger partial charge on any atom is 0.264 e. The minimum Gasteiger partial charge on any atom is -0.494 e. The summed E-state index contributed by atoms with van der Waals surface area (Å²) < 4.78 is 5.65. The molecule has 0 unspecified atom stereocenters. The Balaban J connectivity index is 1.69. The first-order valence-corrected chi connectivity index (χ1v) is 9.62. The van der Waals surface area contributed by atoms with Crippen molar-refractivity contribution in [2.45, 2.75) is 19.8 Å². The van der Waals surface area contributed by atoms with E-state index in [0.29, 0.717) is 20.8 Å². The highest BCUT2D eigenvalue weighted by atomic mass is 35.5. The van der Waals surface area contributed by atoms with Crippen LogP contribution in [0.15, 0.2) is 58.4 Å². The Labute approximate surface area is 162 Å². The zero-order valence-electron chi connectivity index (χ0n) is 14.4. The third-order valence-corrected chi connectivity index (χ3v) is 4.90. The van der Waals surface area contributed by atoms with E-state index in [1.807, 2.05) is 42.5 Å². The van der Waals surface area contributed by atoms with Crippen molar-refractivity contribution in [3.8, 4) is 5.75 Å². The molecule has 1 heterocycles. The standard InChI is InChI=1S/C20H19ClN2O2S/c1-2-3-12-25-15-10-8-14(9-11-15)13-18-19(24)23-20(26-18)22-17-7-5-4-6-16(17)21/h4-11,13H,2-3,12H2,1H3,(H,22,23,24)/b18-13+. The van der Waals surface area contributed by atoms with Crippen LogP contribution in [0.5, 0.6) is 5.75 Å². The van der Waals surface area contributed by atoms with Gasteiger partial charge < -0.3 is 10.1 Å². The molecular weight excluding hydrogens is 368 g/mol. The lowest BCUT2D eigenvalue weighted by Crippen LogP contribution is -2.19. The molecule has 3 rings (SSSR count). The van der Waals surface area contributed by atoms with E-state index < -0.39 is 0 Å². The molecule has 6 heteroatoms. The molecule has 1 saturated heterocycles. The van der Waals surface area contributed by atoms with Crippen LogP contribution in [0.25, 0.3) is 6.08 Å². The predicted octanol–water partition coefficient (Wildman–Crippen LogP) is 5.41. The van der Waals surface area contributed by atoms with E-state index in [2.05, 4.69) is 17.2 Å². The van der Waals surface area contributed by atoms with Crippen LogP contribution >= 0.6 is 23.4 Å². The first-order chi connectivity index (χ1) is 12.7. The van der Waals surface area contributed by atoms with Crippen LogP contribution in [0.4, 0.5) is 5.69 Å². The first kappa shape index (κ1) is 18.5. The summed E-state index contributed by atoms with van der Waals surface area (Å²) in [5.74, 6) is 0.675. The molecule has 0 atom stereocenters. The fraction of sp³-hybridized carbons (Fsp3) is 0.200. The molecule has 2 aromatic rings. The van der Waals surface area contributed by atoms with E-state index in [1.54, 1.807) is 12.1 Å². The van der Waals surface area contributed by atoms with Gasteiger partial charge in [-0.3, -0.25) is 4.79 Å². The lowest BCUT2D eigenvalue weighted by Gasteiger charge is -2.05. The summed E-state index contributed by atoms with van der Waals surface area (Å²) in [5.41, 5.74) is 1.57. The minimum absolute atomic E-state index is 0.163. The zero-order chi connectivity index (χ0) is 18.4. The number of carbonyl (C=O) groups excluding carboxylic acids is 1. The second kappa shape index (κ2) is 8.92. The molecule has 0 aromatic heterocycles. The molecule has 2 aromatic carbocycles. The number of amidine groups is 1. The van der Waals surface area contributed by atoms with Crippen molar-refractivity contribution in [3.63, 3.8) is 0 Å². The van der Waals surface area contributed by atoms with Gasteiger partial charge in [0, 0.05) is 0 Å². The number of para-hydroxylation sites is 1. The van der Waals surface area contributed by atoms with Crippen molar-refractivity contribution in [2.24, 2.45) is 4.99 Å². The number of hydrogen-bond acceptors (Lipinski definition) is 4. The number of hydrogen-bond donors (Lipinski definition) is 1. The highest BCUT2D eigenvalue weighted by Gasteiger charge is 2.24. The minimum atomic E-state index is -0.163. The van der Waals surface area contributed by atoms with Gasteiger partial charge in [-0.25, -0.2) is 4.99 Å². The normalized spacial score (nSPS) is 16.9. The molecule has 0 bridgehead atoms. The lowest BCUT2D eigenvalue weighted by molar-refractivity contribution is -0.115. The average molecular weight is 387 g/mol. The number of carbonyl (C=O) groups is 1. The van der Waals surface area contributed by atoms with Crippen LogP contribution in [-0.4, -0.2) is 17.7 Å². The van der Waals surface area contributed by atoms with Gasteiger partial charge in [0.15, 0.2) is 5.17 Å². The zero-order valence-corrected chi connectivity index (χ0v) is 15.9. The summed E-state index contributed by atoms with van der Waals surface area (Å²) >= 11 is 7.41. The summed E-state index contributed by atoms with van der Waals surface area (Å²) in [6.45, 7) is 2.85. The van der Waals surface area contributed by atoms with Crippen LogP contribution in [0.1, 0.15) is 25.3 Å². The SMILES string of the molecule is CCCCOc1ccc(/C=C2/SC(=Nc3ccccc3Cl)NC2=O)cc1. The number of aliphatic imine (C=N–C) groups is 1. The molecule has 1 N–H and O–H groups in total. The second-order valence-corrected chi connectivity index (χ2v) is 7.14. The summed E-state index contributed by atoms with van der Waals surface area (Å²) in [6.07, 6.45) is 3.98. The number of halogens is 1. The fourth-order valence-electron chi connectivity index (χ4n) is 2.28. The number of nitrogens with zero attached hydrogens (tertiary/aromatic N) is 1. The number of thioether (sulfide) groups is 1. The Bertz CT molecular complexity index is 847. The van der Waals surface area contributed by atoms with Crippen molar-refractivity contribution in [3.05, 3.63) is 64.0 Å². The fourth-order valence-corrected chi connectivity index (χ4v) is 3.29. The number of amides is 1. The summed E-state index contributed by atoms with van der Waals surface area (Å²) in [6, 6.07) is 15.0. The van der Waals surface area contributed by atoms with E-state index in [4.69, 9.17) is 16.3 Å². The Morgan fingerprint density at radius 1 is 1.19 bits per heavy atom. The largest absolute Gasteiger partial charge is 0.494 e. The van der Waals surface area contributed by atoms with Gasteiger partial charge in [-0.05, 0) is 54.1 Å². The van der Waals surface area contributed by atoms with Gasteiger partial charge in [-0.2, -0.15) is 0 Å². The highest BCUT2D eigenvalue weighted by molar-refractivity contribution is 8.18. The molecule has 0 spiro atoms. The molecule has 0 radical (unpaired) electrons. The molecule has 1 fully saturated rings. The van der Waals surface area contributed by atoms with Crippen LogP contribution in [0, 0.1) is 0 Å². The van der Waals surface area contributed by atoms with E-state index >= 15 is 0 Å². The summed E-state index contributed by atoms with van der Waals surface area (Å²) in [5, 5.41) is 3.84. The Kier molecular flexibility index (Phi) is 6.36. The number of ether oxygens (including phenoxy) is 1. The van der Waals surface area contributed by atoms with Crippen LogP contribution in [0.3, 0.4) is 0 Å². The predicted molar refractivity (Wildman–Crippen MR) is 109 cm³/mol. The topological polar surface area (TPSA) is 50.7 Å². The van der Waals surface area contributed by atoms with Crippen molar-refractivity contribution >= 4 is 46.2 Å². The van der Waals surface area contributed by atoms with E-state index in [0.717, 1.165) is 30.8 Å². The molecular formula is C20H19ClN2O2S. The molecule has 134 valence electrons. The third kappa shape index (κ3) is 4.90. The highest BCUT2D eigenvalue weighted by Crippen LogP contribution is 2.30.